The number of hydrogen-bond acceptors (Lipinski definition) is 5. The molecule has 0 aliphatic carbocycles. The lowest BCUT2D eigenvalue weighted by atomic mass is 9.97. The normalized spacial score (nSPS) is 14.8. The van der Waals surface area contributed by atoms with Gasteiger partial charge in [0.05, 0.1) is 0 Å². The average molecular weight is 325 g/mol. The van der Waals surface area contributed by atoms with Gasteiger partial charge in [-0.15, -0.1) is 0 Å². The molecule has 1 aromatic heterocycles. The first-order valence-corrected chi connectivity index (χ1v) is 7.80. The van der Waals surface area contributed by atoms with Crippen molar-refractivity contribution in [2.45, 2.75) is 19.9 Å². The van der Waals surface area contributed by atoms with Gasteiger partial charge in [0.25, 0.3) is 0 Å². The summed E-state index contributed by atoms with van der Waals surface area (Å²) in [5, 5.41) is 9.81. The number of aryl methyl sites for hydroxylation is 1. The number of aromatic hydroxyl groups is 1. The topological polar surface area (TPSA) is 70.8 Å². The molecule has 0 atom stereocenters. The Morgan fingerprint density at radius 3 is 2.83 bits per heavy atom. The van der Waals surface area contributed by atoms with Crippen LogP contribution in [0.2, 0.25) is 0 Å². The molecule has 1 aromatic carbocycles. The Morgan fingerprint density at radius 2 is 2.08 bits per heavy atom. The van der Waals surface area contributed by atoms with Gasteiger partial charge in [0.2, 0.25) is 0 Å². The Morgan fingerprint density at radius 1 is 1.29 bits per heavy atom. The van der Waals surface area contributed by atoms with Crippen LogP contribution in [0.5, 0.6) is 5.75 Å². The number of rotatable bonds is 3. The zero-order valence-electron chi connectivity index (χ0n) is 13.7. The van der Waals surface area contributed by atoms with E-state index in [4.69, 9.17) is 4.42 Å². The minimum absolute atomic E-state index is 0.261. The monoisotopic (exact) mass is 325 g/mol. The van der Waals surface area contributed by atoms with Crippen LogP contribution in [0.4, 0.5) is 0 Å². The van der Waals surface area contributed by atoms with Crippen LogP contribution in [0.3, 0.4) is 0 Å². The third-order valence-corrected chi connectivity index (χ3v) is 4.16. The summed E-state index contributed by atoms with van der Waals surface area (Å²) in [5.41, 5.74) is 2.29. The van der Waals surface area contributed by atoms with Crippen LogP contribution in [0.25, 0.3) is 6.08 Å². The molecule has 5 heteroatoms. The molecular formula is C19H19NO4. The molecular weight excluding hydrogens is 306 g/mol. The number of benzene rings is 1. The van der Waals surface area contributed by atoms with Crippen molar-refractivity contribution in [1.29, 1.82) is 0 Å². The highest BCUT2D eigenvalue weighted by molar-refractivity contribution is 6.08. The van der Waals surface area contributed by atoms with Crippen LogP contribution in [0.1, 0.15) is 32.8 Å². The maximum Gasteiger partial charge on any atom is 0.351 e. The number of allylic oxidation sites excluding steroid dienone is 1. The number of carbonyl (C=O) groups excluding carboxylic acids is 1. The van der Waals surface area contributed by atoms with E-state index in [0.29, 0.717) is 0 Å². The Bertz CT molecular complexity index is 879. The summed E-state index contributed by atoms with van der Waals surface area (Å²) >= 11 is 0. The van der Waals surface area contributed by atoms with Crippen molar-refractivity contribution in [1.82, 2.24) is 4.90 Å². The number of fused-ring (bicyclic) bond motifs is 1. The first-order valence-electron chi connectivity index (χ1n) is 7.80. The number of likely N-dealkylation sites (N-methyl/N-ethyl adjacent to an activating group) is 1. The summed E-state index contributed by atoms with van der Waals surface area (Å²) in [6.45, 7) is 3.46. The number of carbonyl (C=O) groups is 1. The first-order chi connectivity index (χ1) is 11.4. The summed E-state index contributed by atoms with van der Waals surface area (Å²) in [6, 6.07) is 7.33. The minimum atomic E-state index is -0.825. The molecule has 0 amide bonds. The van der Waals surface area contributed by atoms with E-state index in [2.05, 4.69) is 18.0 Å². The lowest BCUT2D eigenvalue weighted by Crippen LogP contribution is -2.26. The molecule has 1 aliphatic rings. The fourth-order valence-corrected chi connectivity index (χ4v) is 2.90. The predicted octanol–water partition coefficient (Wildman–Crippen LogP) is 2.54. The average Bonchev–Trinajstić information content (AvgIpc) is 2.51. The Labute approximate surface area is 139 Å². The van der Waals surface area contributed by atoms with Gasteiger partial charge in [0.1, 0.15) is 17.1 Å². The van der Waals surface area contributed by atoms with E-state index in [-0.39, 0.29) is 17.1 Å². The van der Waals surface area contributed by atoms with Crippen molar-refractivity contribution in [3.8, 4) is 5.75 Å². The van der Waals surface area contributed by atoms with Crippen LogP contribution in [0, 0.1) is 6.92 Å². The van der Waals surface area contributed by atoms with Crippen LogP contribution < -0.4 is 5.63 Å². The molecule has 2 heterocycles. The molecule has 1 aliphatic heterocycles. The zero-order valence-corrected chi connectivity index (χ0v) is 13.7. The maximum absolute atomic E-state index is 12.2. The highest BCUT2D eigenvalue weighted by Gasteiger charge is 2.16. The molecule has 0 spiro atoms. The zero-order chi connectivity index (χ0) is 17.3. The molecule has 0 saturated heterocycles. The molecule has 0 fully saturated rings. The fraction of sp³-hybridized carbons (Fsp3) is 0.263. The number of hydrogen-bond donors (Lipinski definition) is 1. The van der Waals surface area contributed by atoms with E-state index >= 15 is 0 Å². The van der Waals surface area contributed by atoms with Gasteiger partial charge in [-0.05, 0) is 43.2 Å². The van der Waals surface area contributed by atoms with Gasteiger partial charge in [0, 0.05) is 19.2 Å². The van der Waals surface area contributed by atoms with Crippen molar-refractivity contribution in [3.05, 3.63) is 68.8 Å². The van der Waals surface area contributed by atoms with Gasteiger partial charge in [-0.2, -0.15) is 0 Å². The number of ketones is 1. The van der Waals surface area contributed by atoms with Gasteiger partial charge in [-0.3, -0.25) is 4.79 Å². The van der Waals surface area contributed by atoms with Gasteiger partial charge in [-0.1, -0.05) is 24.3 Å². The molecule has 2 aromatic rings. The Hall–Kier alpha value is -2.66. The first kappa shape index (κ1) is 16.2. The maximum atomic E-state index is 12.2. The molecule has 0 radical (unpaired) electrons. The van der Waals surface area contributed by atoms with Crippen LogP contribution in [-0.2, 0) is 13.0 Å². The molecule has 0 bridgehead atoms. The lowest BCUT2D eigenvalue weighted by Gasteiger charge is -2.25. The molecule has 0 unspecified atom stereocenters. The van der Waals surface area contributed by atoms with E-state index in [1.54, 1.807) is 6.08 Å². The smallest absolute Gasteiger partial charge is 0.351 e. The van der Waals surface area contributed by atoms with Gasteiger partial charge in [0.15, 0.2) is 5.78 Å². The van der Waals surface area contributed by atoms with Gasteiger partial charge < -0.3 is 14.4 Å². The van der Waals surface area contributed by atoms with E-state index in [9.17, 15) is 14.7 Å². The molecule has 124 valence electrons. The highest BCUT2D eigenvalue weighted by atomic mass is 16.4. The molecule has 1 N–H and O–H groups in total. The quantitative estimate of drug-likeness (QED) is 0.693. The van der Waals surface area contributed by atoms with Crippen molar-refractivity contribution in [2.75, 3.05) is 13.6 Å². The van der Waals surface area contributed by atoms with E-state index in [1.165, 1.54) is 30.2 Å². The fourth-order valence-electron chi connectivity index (χ4n) is 2.90. The molecule has 0 saturated carbocycles. The van der Waals surface area contributed by atoms with Crippen LogP contribution >= 0.6 is 0 Å². The molecule has 3 rings (SSSR count). The Kier molecular flexibility index (Phi) is 4.36. The second-order valence-corrected chi connectivity index (χ2v) is 6.12. The van der Waals surface area contributed by atoms with E-state index in [0.717, 1.165) is 25.1 Å². The summed E-state index contributed by atoms with van der Waals surface area (Å²) < 4.78 is 4.87. The molecule has 24 heavy (non-hydrogen) atoms. The number of nitrogens with zero attached hydrogens (tertiary/aromatic N) is 1. The largest absolute Gasteiger partial charge is 0.507 e. The van der Waals surface area contributed by atoms with Crippen LogP contribution in [0.15, 0.2) is 39.6 Å². The summed E-state index contributed by atoms with van der Waals surface area (Å²) in [6.07, 6.45) is 3.96. The minimum Gasteiger partial charge on any atom is -0.507 e. The van der Waals surface area contributed by atoms with Crippen molar-refractivity contribution in [3.63, 3.8) is 0 Å². The SMILES string of the molecule is Cc1cc(O)c(C(=O)/C=C/c2ccc3c(c2)CN(C)CC3)c(=O)o1. The lowest BCUT2D eigenvalue weighted by molar-refractivity contribution is 0.104. The van der Waals surface area contributed by atoms with Crippen molar-refractivity contribution < 1.29 is 14.3 Å². The van der Waals surface area contributed by atoms with Crippen molar-refractivity contribution >= 4 is 11.9 Å². The van der Waals surface area contributed by atoms with E-state index in [1.807, 2.05) is 12.1 Å². The van der Waals surface area contributed by atoms with Crippen LogP contribution in [-0.4, -0.2) is 29.4 Å². The van der Waals surface area contributed by atoms with Crippen molar-refractivity contribution in [2.24, 2.45) is 0 Å². The second-order valence-electron chi connectivity index (χ2n) is 6.12. The van der Waals surface area contributed by atoms with Gasteiger partial charge in [-0.25, -0.2) is 4.79 Å². The Balaban J connectivity index is 1.85. The predicted molar refractivity (Wildman–Crippen MR) is 91.2 cm³/mol. The van der Waals surface area contributed by atoms with E-state index < -0.39 is 11.4 Å². The highest BCUT2D eigenvalue weighted by Crippen LogP contribution is 2.21. The summed E-state index contributed by atoms with van der Waals surface area (Å²) in [4.78, 5) is 26.2. The summed E-state index contributed by atoms with van der Waals surface area (Å²) in [5.74, 6) is -0.668. The third kappa shape index (κ3) is 3.31. The van der Waals surface area contributed by atoms with Gasteiger partial charge >= 0.3 is 5.63 Å². The molecule has 5 nitrogen and oxygen atoms in total. The standard InChI is InChI=1S/C19H19NO4/c1-12-9-17(22)18(19(23)24-12)16(21)6-4-13-3-5-14-7-8-20(2)11-15(14)10-13/h3-6,9-10,22H,7-8,11H2,1-2H3/b6-4+. The second kappa shape index (κ2) is 6.45. The summed E-state index contributed by atoms with van der Waals surface area (Å²) in [7, 11) is 2.08. The third-order valence-electron chi connectivity index (χ3n) is 4.16.